The first-order chi connectivity index (χ1) is 5.59. The van der Waals surface area contributed by atoms with E-state index in [2.05, 4.69) is 0 Å². The summed E-state index contributed by atoms with van der Waals surface area (Å²) < 4.78 is 0. The van der Waals surface area contributed by atoms with E-state index in [-0.39, 0.29) is 11.2 Å². The van der Waals surface area contributed by atoms with Crippen molar-refractivity contribution < 1.29 is 4.79 Å². The SMILES string of the molecule is Cc1ccc(C(=O)CC(C)Cl)s1. The standard InChI is InChI=1S/C9H11ClOS/c1-6(10)5-8(11)9-4-3-7(2)12-9/h3-4,6H,5H2,1-2H3. The lowest BCUT2D eigenvalue weighted by atomic mass is 10.2. The van der Waals surface area contributed by atoms with Crippen molar-refractivity contribution in [1.29, 1.82) is 0 Å². The van der Waals surface area contributed by atoms with Gasteiger partial charge in [-0.1, -0.05) is 0 Å². The summed E-state index contributed by atoms with van der Waals surface area (Å²) in [7, 11) is 0. The van der Waals surface area contributed by atoms with Crippen LogP contribution in [0, 0.1) is 6.92 Å². The molecule has 0 N–H and O–H groups in total. The van der Waals surface area contributed by atoms with Crippen molar-refractivity contribution in [2.75, 3.05) is 0 Å². The zero-order chi connectivity index (χ0) is 9.14. The second-order valence-corrected chi connectivity index (χ2v) is 4.85. The smallest absolute Gasteiger partial charge is 0.174 e. The Kier molecular flexibility index (Phi) is 3.29. The van der Waals surface area contributed by atoms with Crippen molar-refractivity contribution in [1.82, 2.24) is 0 Å². The quantitative estimate of drug-likeness (QED) is 0.543. The molecule has 66 valence electrons. The fourth-order valence-corrected chi connectivity index (χ4v) is 1.90. The molecule has 1 aromatic rings. The Morgan fingerprint density at radius 1 is 1.67 bits per heavy atom. The van der Waals surface area contributed by atoms with Gasteiger partial charge in [0.05, 0.1) is 4.88 Å². The molecule has 0 spiro atoms. The molecule has 0 saturated heterocycles. The first-order valence-corrected chi connectivity index (χ1v) is 5.08. The van der Waals surface area contributed by atoms with Crippen LogP contribution < -0.4 is 0 Å². The second kappa shape index (κ2) is 4.06. The number of halogens is 1. The van der Waals surface area contributed by atoms with Crippen LogP contribution in [0.1, 0.15) is 27.9 Å². The molecular weight excluding hydrogens is 192 g/mol. The van der Waals surface area contributed by atoms with E-state index in [1.54, 1.807) is 0 Å². The summed E-state index contributed by atoms with van der Waals surface area (Å²) in [6, 6.07) is 3.82. The topological polar surface area (TPSA) is 17.1 Å². The molecule has 1 rings (SSSR count). The van der Waals surface area contributed by atoms with Gasteiger partial charge in [-0.05, 0) is 26.0 Å². The molecule has 0 amide bonds. The van der Waals surface area contributed by atoms with Crippen molar-refractivity contribution in [2.45, 2.75) is 25.6 Å². The molecule has 1 nitrogen and oxygen atoms in total. The minimum atomic E-state index is -0.0695. The minimum Gasteiger partial charge on any atom is -0.293 e. The lowest BCUT2D eigenvalue weighted by Crippen LogP contribution is -2.02. The molecule has 12 heavy (non-hydrogen) atoms. The summed E-state index contributed by atoms with van der Waals surface area (Å²) in [6.07, 6.45) is 0.432. The highest BCUT2D eigenvalue weighted by Gasteiger charge is 2.10. The number of carbonyl (C=O) groups is 1. The first-order valence-electron chi connectivity index (χ1n) is 3.83. The van der Waals surface area contributed by atoms with Crippen molar-refractivity contribution in [3.05, 3.63) is 21.9 Å². The zero-order valence-corrected chi connectivity index (χ0v) is 8.71. The first kappa shape index (κ1) is 9.75. The number of carbonyl (C=O) groups excluding carboxylic acids is 1. The fraction of sp³-hybridized carbons (Fsp3) is 0.444. The van der Waals surface area contributed by atoms with Crippen molar-refractivity contribution in [2.24, 2.45) is 0 Å². The third-order valence-electron chi connectivity index (χ3n) is 1.48. The number of rotatable bonds is 3. The van der Waals surface area contributed by atoms with Gasteiger partial charge in [-0.2, -0.15) is 0 Å². The summed E-state index contributed by atoms with van der Waals surface area (Å²) in [6.45, 7) is 3.82. The Hall–Kier alpha value is -0.340. The maximum absolute atomic E-state index is 11.4. The Morgan fingerprint density at radius 2 is 2.33 bits per heavy atom. The van der Waals surface area contributed by atoms with Crippen LogP contribution in [-0.2, 0) is 0 Å². The van der Waals surface area contributed by atoms with Gasteiger partial charge in [-0.3, -0.25) is 4.79 Å². The molecule has 0 aliphatic heterocycles. The summed E-state index contributed by atoms with van der Waals surface area (Å²) in [5.41, 5.74) is 0. The molecule has 1 aromatic heterocycles. The van der Waals surface area contributed by atoms with E-state index >= 15 is 0 Å². The van der Waals surface area contributed by atoms with Gasteiger partial charge in [0.15, 0.2) is 5.78 Å². The molecule has 1 atom stereocenters. The van der Waals surface area contributed by atoms with Gasteiger partial charge in [0.2, 0.25) is 0 Å². The molecule has 0 radical (unpaired) electrons. The van der Waals surface area contributed by atoms with Crippen molar-refractivity contribution >= 4 is 28.7 Å². The molecule has 0 aliphatic carbocycles. The van der Waals surface area contributed by atoms with E-state index in [1.807, 2.05) is 26.0 Å². The van der Waals surface area contributed by atoms with E-state index in [0.29, 0.717) is 6.42 Å². The van der Waals surface area contributed by atoms with Crippen LogP contribution in [-0.4, -0.2) is 11.2 Å². The molecule has 0 aromatic carbocycles. The van der Waals surface area contributed by atoms with E-state index in [1.165, 1.54) is 16.2 Å². The molecule has 0 aliphatic rings. The predicted molar refractivity (Wildman–Crippen MR) is 53.3 cm³/mol. The average Bonchev–Trinajstić information content (AvgIpc) is 2.34. The van der Waals surface area contributed by atoms with Gasteiger partial charge in [-0.15, -0.1) is 22.9 Å². The van der Waals surface area contributed by atoms with Gasteiger partial charge < -0.3 is 0 Å². The molecular formula is C9H11ClOS. The van der Waals surface area contributed by atoms with Crippen LogP contribution >= 0.6 is 22.9 Å². The molecule has 3 heteroatoms. The summed E-state index contributed by atoms with van der Waals surface area (Å²) >= 11 is 7.24. The lowest BCUT2D eigenvalue weighted by Gasteiger charge is -1.98. The molecule has 1 heterocycles. The highest BCUT2D eigenvalue weighted by molar-refractivity contribution is 7.14. The van der Waals surface area contributed by atoms with E-state index in [9.17, 15) is 4.79 Å². The molecule has 1 unspecified atom stereocenters. The largest absolute Gasteiger partial charge is 0.293 e. The van der Waals surface area contributed by atoms with Crippen LogP contribution in [0.4, 0.5) is 0 Å². The average molecular weight is 203 g/mol. The van der Waals surface area contributed by atoms with Gasteiger partial charge in [0.25, 0.3) is 0 Å². The monoisotopic (exact) mass is 202 g/mol. The predicted octanol–water partition coefficient (Wildman–Crippen LogP) is 3.26. The van der Waals surface area contributed by atoms with Gasteiger partial charge in [0.1, 0.15) is 0 Å². The van der Waals surface area contributed by atoms with Gasteiger partial charge in [0, 0.05) is 16.7 Å². The highest BCUT2D eigenvalue weighted by Crippen LogP contribution is 2.18. The van der Waals surface area contributed by atoms with Gasteiger partial charge >= 0.3 is 0 Å². The van der Waals surface area contributed by atoms with Crippen LogP contribution in [0.2, 0.25) is 0 Å². The Labute approximate surface area is 81.4 Å². The number of Topliss-reactive ketones (excluding diaryl/α,β-unsaturated/α-hetero) is 1. The second-order valence-electron chi connectivity index (χ2n) is 2.82. The number of aryl methyl sites for hydroxylation is 1. The number of alkyl halides is 1. The van der Waals surface area contributed by atoms with E-state index < -0.39 is 0 Å². The molecule has 0 saturated carbocycles. The maximum atomic E-state index is 11.4. The van der Waals surface area contributed by atoms with E-state index in [4.69, 9.17) is 11.6 Å². The number of ketones is 1. The summed E-state index contributed by atoms with van der Waals surface area (Å²) in [5.74, 6) is 0.149. The Morgan fingerprint density at radius 3 is 2.75 bits per heavy atom. The number of hydrogen-bond acceptors (Lipinski definition) is 2. The maximum Gasteiger partial charge on any atom is 0.174 e. The third-order valence-corrected chi connectivity index (χ3v) is 2.68. The minimum absolute atomic E-state index is 0.0695. The summed E-state index contributed by atoms with van der Waals surface area (Å²) in [4.78, 5) is 13.4. The van der Waals surface area contributed by atoms with Crippen LogP contribution in [0.5, 0.6) is 0 Å². The van der Waals surface area contributed by atoms with Crippen LogP contribution in [0.3, 0.4) is 0 Å². The normalized spacial score (nSPS) is 12.9. The zero-order valence-electron chi connectivity index (χ0n) is 7.13. The third kappa shape index (κ3) is 2.61. The Bertz CT molecular complexity index is 278. The lowest BCUT2D eigenvalue weighted by molar-refractivity contribution is 0.0987. The number of hydrogen-bond donors (Lipinski definition) is 0. The van der Waals surface area contributed by atoms with Crippen LogP contribution in [0.25, 0.3) is 0 Å². The molecule has 0 fully saturated rings. The Balaban J connectivity index is 2.65. The highest BCUT2D eigenvalue weighted by atomic mass is 35.5. The van der Waals surface area contributed by atoms with Gasteiger partial charge in [-0.25, -0.2) is 0 Å². The molecule has 0 bridgehead atoms. The van der Waals surface area contributed by atoms with Crippen LogP contribution in [0.15, 0.2) is 12.1 Å². The van der Waals surface area contributed by atoms with E-state index in [0.717, 1.165) is 4.88 Å². The fourth-order valence-electron chi connectivity index (χ4n) is 0.940. The summed E-state index contributed by atoms with van der Waals surface area (Å²) in [5, 5.41) is -0.0695. The van der Waals surface area contributed by atoms with Crippen molar-refractivity contribution in [3.8, 4) is 0 Å². The van der Waals surface area contributed by atoms with Crippen molar-refractivity contribution in [3.63, 3.8) is 0 Å². The number of thiophene rings is 1.